The number of hydrogen-bond donors (Lipinski definition) is 1. The van der Waals surface area contributed by atoms with Crippen LogP contribution in [0.25, 0.3) is 0 Å². The van der Waals surface area contributed by atoms with Crippen LogP contribution >= 0.6 is 0 Å². The van der Waals surface area contributed by atoms with Crippen molar-refractivity contribution >= 4 is 24.2 Å². The van der Waals surface area contributed by atoms with Crippen molar-refractivity contribution in [3.8, 4) is 11.5 Å². The average Bonchev–Trinajstić information content (AvgIpc) is 2.88. The van der Waals surface area contributed by atoms with Crippen LogP contribution in [0.5, 0.6) is 11.5 Å². The number of benzene rings is 1. The highest BCUT2D eigenvalue weighted by atomic mass is 16.7. The lowest BCUT2D eigenvalue weighted by Gasteiger charge is -2.27. The molecule has 0 fully saturated rings. The molecule has 2 N–H and O–H groups in total. The van der Waals surface area contributed by atoms with Crippen LogP contribution in [0.2, 0.25) is 0 Å². The fourth-order valence-electron chi connectivity index (χ4n) is 3.29. The van der Waals surface area contributed by atoms with Gasteiger partial charge >= 0.3 is 24.2 Å². The molecule has 0 aliphatic heterocycles. The van der Waals surface area contributed by atoms with E-state index in [1.54, 1.807) is 13.0 Å². The first-order chi connectivity index (χ1) is 18.8. The molecule has 1 rings (SSSR count). The summed E-state index contributed by atoms with van der Waals surface area (Å²) in [6, 6.07) is 4.37. The first-order valence-electron chi connectivity index (χ1n) is 13.7. The monoisotopic (exact) mass is 567 g/mol. The number of hydrogen-bond acceptors (Lipinski definition) is 11. The van der Waals surface area contributed by atoms with Gasteiger partial charge in [-0.1, -0.05) is 47.6 Å². The van der Waals surface area contributed by atoms with Gasteiger partial charge in [0.1, 0.15) is 5.54 Å². The molecule has 0 aliphatic rings. The maximum atomic E-state index is 12.6. The van der Waals surface area contributed by atoms with Crippen LogP contribution in [-0.2, 0) is 35.0 Å². The first kappa shape index (κ1) is 34.7. The lowest BCUT2D eigenvalue weighted by Crippen LogP contribution is -2.51. The van der Waals surface area contributed by atoms with Crippen LogP contribution in [-0.4, -0.2) is 56.7 Å². The van der Waals surface area contributed by atoms with Gasteiger partial charge in [0.05, 0.1) is 32.8 Å². The van der Waals surface area contributed by atoms with Crippen LogP contribution in [0, 0.1) is 17.8 Å². The van der Waals surface area contributed by atoms with Gasteiger partial charge in [0.2, 0.25) is 0 Å². The first-order valence-corrected chi connectivity index (χ1v) is 13.7. The minimum Gasteiger partial charge on any atom is -0.468 e. The second-order valence-corrected chi connectivity index (χ2v) is 10.6. The summed E-state index contributed by atoms with van der Waals surface area (Å²) in [6.07, 6.45) is -0.118. The highest BCUT2D eigenvalue weighted by Crippen LogP contribution is 2.31. The summed E-state index contributed by atoms with van der Waals surface area (Å²) in [6.45, 7) is 11.8. The van der Waals surface area contributed by atoms with Gasteiger partial charge in [-0.3, -0.25) is 9.59 Å². The van der Waals surface area contributed by atoms with Crippen molar-refractivity contribution in [3.63, 3.8) is 0 Å². The quantitative estimate of drug-likeness (QED) is 0.159. The molecular weight excluding hydrogens is 522 g/mol. The lowest BCUT2D eigenvalue weighted by molar-refractivity contribution is -0.153. The summed E-state index contributed by atoms with van der Waals surface area (Å²) in [5.41, 5.74) is 5.33. The Balaban J connectivity index is 3.13. The summed E-state index contributed by atoms with van der Waals surface area (Å²) in [5, 5.41) is 0. The van der Waals surface area contributed by atoms with E-state index in [1.807, 2.05) is 34.6 Å². The van der Waals surface area contributed by atoms with E-state index in [-0.39, 0.29) is 56.0 Å². The van der Waals surface area contributed by atoms with Gasteiger partial charge in [0.25, 0.3) is 0 Å². The zero-order chi connectivity index (χ0) is 30.3. The van der Waals surface area contributed by atoms with Gasteiger partial charge in [-0.15, -0.1) is 0 Å². The van der Waals surface area contributed by atoms with Crippen molar-refractivity contribution in [2.75, 3.05) is 26.9 Å². The topological polar surface area (TPSA) is 150 Å². The minimum atomic E-state index is -1.56. The van der Waals surface area contributed by atoms with E-state index in [0.717, 1.165) is 0 Å². The van der Waals surface area contributed by atoms with Crippen molar-refractivity contribution in [2.24, 2.45) is 23.5 Å². The largest absolute Gasteiger partial charge is 0.513 e. The van der Waals surface area contributed by atoms with Crippen LogP contribution in [0.1, 0.15) is 72.8 Å². The fraction of sp³-hybridized carbons (Fsp3) is 0.655. The molecule has 0 aromatic heterocycles. The maximum Gasteiger partial charge on any atom is 0.513 e. The standard InChI is InChI=1S/C29H45NO10/c1-8-21(6)25(31)36-16-13-29(30,26(32)35-7)18-22-9-10-23(39-27(33)37-14-11-19(2)3)24(17-22)40-28(34)38-15-12-20(4)5/h9-10,17,19-21H,8,11-16,18,30H2,1-7H3/t21?,29-/m1/s1. The fourth-order valence-corrected chi connectivity index (χ4v) is 3.29. The Labute approximate surface area is 236 Å². The molecule has 1 unspecified atom stereocenters. The summed E-state index contributed by atoms with van der Waals surface area (Å²) >= 11 is 0. The summed E-state index contributed by atoms with van der Waals surface area (Å²) in [5.74, 6) is -0.937. The molecule has 0 spiro atoms. The average molecular weight is 568 g/mol. The Morgan fingerprint density at radius 2 is 1.38 bits per heavy atom. The van der Waals surface area contributed by atoms with Gasteiger partial charge in [-0.2, -0.15) is 0 Å². The number of rotatable bonds is 16. The van der Waals surface area contributed by atoms with Gasteiger partial charge in [-0.05, 0) is 48.8 Å². The molecule has 226 valence electrons. The molecule has 11 heteroatoms. The Kier molecular flexibility index (Phi) is 15.1. The van der Waals surface area contributed by atoms with E-state index < -0.39 is 23.8 Å². The third-order valence-electron chi connectivity index (χ3n) is 6.14. The Bertz CT molecular complexity index is 978. The molecule has 0 heterocycles. The van der Waals surface area contributed by atoms with Crippen molar-refractivity contribution in [1.82, 2.24) is 0 Å². The van der Waals surface area contributed by atoms with Crippen molar-refractivity contribution in [1.29, 1.82) is 0 Å². The van der Waals surface area contributed by atoms with Crippen LogP contribution in [0.15, 0.2) is 18.2 Å². The second kappa shape index (κ2) is 17.4. The number of ether oxygens (including phenoxy) is 6. The normalized spacial score (nSPS) is 13.2. The van der Waals surface area contributed by atoms with Gasteiger partial charge in [-0.25, -0.2) is 9.59 Å². The summed E-state index contributed by atoms with van der Waals surface area (Å²) in [7, 11) is 1.21. The third-order valence-corrected chi connectivity index (χ3v) is 6.14. The van der Waals surface area contributed by atoms with Gasteiger partial charge in [0.15, 0.2) is 11.5 Å². The van der Waals surface area contributed by atoms with Crippen molar-refractivity contribution < 1.29 is 47.6 Å². The molecule has 0 radical (unpaired) electrons. The molecule has 2 atom stereocenters. The number of carbonyl (C=O) groups is 4. The lowest BCUT2D eigenvalue weighted by atomic mass is 9.88. The van der Waals surface area contributed by atoms with Crippen LogP contribution in [0.3, 0.4) is 0 Å². The number of carbonyl (C=O) groups excluding carboxylic acids is 4. The predicted octanol–water partition coefficient (Wildman–Crippen LogP) is 5.20. The molecule has 0 amide bonds. The molecule has 1 aromatic carbocycles. The van der Waals surface area contributed by atoms with Gasteiger partial charge in [0, 0.05) is 12.8 Å². The zero-order valence-corrected chi connectivity index (χ0v) is 24.8. The maximum absolute atomic E-state index is 12.6. The van der Waals surface area contributed by atoms with Crippen LogP contribution < -0.4 is 15.2 Å². The summed E-state index contributed by atoms with van der Waals surface area (Å²) < 4.78 is 31.0. The molecular formula is C29H45NO10. The van der Waals surface area contributed by atoms with E-state index in [1.165, 1.54) is 19.2 Å². The highest BCUT2D eigenvalue weighted by molar-refractivity contribution is 5.81. The molecule has 0 saturated heterocycles. The highest BCUT2D eigenvalue weighted by Gasteiger charge is 2.36. The van der Waals surface area contributed by atoms with E-state index in [2.05, 4.69) is 0 Å². The van der Waals surface area contributed by atoms with E-state index in [0.29, 0.717) is 36.7 Å². The molecule has 0 aliphatic carbocycles. The molecule has 40 heavy (non-hydrogen) atoms. The summed E-state index contributed by atoms with van der Waals surface area (Å²) in [4.78, 5) is 49.2. The van der Waals surface area contributed by atoms with E-state index >= 15 is 0 Å². The van der Waals surface area contributed by atoms with Crippen molar-refractivity contribution in [2.45, 2.75) is 79.2 Å². The van der Waals surface area contributed by atoms with Gasteiger partial charge < -0.3 is 34.2 Å². The molecule has 11 nitrogen and oxygen atoms in total. The Morgan fingerprint density at radius 1 is 0.825 bits per heavy atom. The third kappa shape index (κ3) is 12.7. The smallest absolute Gasteiger partial charge is 0.468 e. The SMILES string of the molecule is CCC(C)C(=O)OCC[C@@](N)(Cc1ccc(OC(=O)OCCC(C)C)c(OC(=O)OCCC(C)C)c1)C(=O)OC. The zero-order valence-electron chi connectivity index (χ0n) is 24.8. The van der Waals surface area contributed by atoms with Crippen molar-refractivity contribution in [3.05, 3.63) is 23.8 Å². The Hall–Kier alpha value is -3.34. The molecule has 0 saturated carbocycles. The Morgan fingerprint density at radius 3 is 1.88 bits per heavy atom. The number of methoxy groups -OCH3 is 1. The molecule has 0 bridgehead atoms. The number of esters is 2. The van der Waals surface area contributed by atoms with E-state index in [4.69, 9.17) is 34.2 Å². The second-order valence-electron chi connectivity index (χ2n) is 10.6. The van der Waals surface area contributed by atoms with E-state index in [9.17, 15) is 19.2 Å². The predicted molar refractivity (Wildman–Crippen MR) is 147 cm³/mol. The molecule has 1 aromatic rings. The van der Waals surface area contributed by atoms with Crippen LogP contribution in [0.4, 0.5) is 9.59 Å². The number of nitrogens with two attached hydrogens (primary N) is 1. The minimum absolute atomic E-state index is 0.0181.